The zero-order valence-electron chi connectivity index (χ0n) is 14.5. The minimum absolute atomic E-state index is 0.327. The fourth-order valence-corrected chi connectivity index (χ4v) is 2.52. The summed E-state index contributed by atoms with van der Waals surface area (Å²) in [4.78, 5) is 0.327. The lowest BCUT2D eigenvalue weighted by Crippen LogP contribution is -2.12. The summed E-state index contributed by atoms with van der Waals surface area (Å²) in [5, 5.41) is 0. The Morgan fingerprint density at radius 2 is 1.62 bits per heavy atom. The molecule has 2 N–H and O–H groups in total. The highest BCUT2D eigenvalue weighted by Gasteiger charge is 2.08. The molecule has 128 valence electrons. The van der Waals surface area contributed by atoms with E-state index >= 15 is 0 Å². The summed E-state index contributed by atoms with van der Waals surface area (Å²) in [6.07, 6.45) is 0. The van der Waals surface area contributed by atoms with Crippen LogP contribution in [0.1, 0.15) is 22.3 Å². The third-order valence-electron chi connectivity index (χ3n) is 3.81. The van der Waals surface area contributed by atoms with Crippen molar-refractivity contribution in [3.8, 4) is 17.2 Å². The third kappa shape index (κ3) is 4.38. The first-order valence-corrected chi connectivity index (χ1v) is 8.14. The molecule has 0 unspecified atom stereocenters. The topological polar surface area (TPSA) is 53.7 Å². The molecule has 0 aliphatic heterocycles. The lowest BCUT2D eigenvalue weighted by molar-refractivity contribution is 0.210. The number of nitrogens with two attached hydrogens (primary N) is 1. The van der Waals surface area contributed by atoms with Crippen LogP contribution in [0.4, 0.5) is 0 Å². The second kappa shape index (κ2) is 8.02. The molecule has 0 aliphatic rings. The zero-order chi connectivity index (χ0) is 17.7. The average Bonchev–Trinajstić information content (AvgIpc) is 2.55. The molecule has 0 radical (unpaired) electrons. The molecule has 2 aromatic rings. The van der Waals surface area contributed by atoms with Crippen LogP contribution < -0.4 is 19.9 Å². The largest absolute Gasteiger partial charge is 0.493 e. The molecule has 0 aliphatic carbocycles. The highest BCUT2D eigenvalue weighted by Crippen LogP contribution is 2.28. The predicted molar refractivity (Wildman–Crippen MR) is 101 cm³/mol. The van der Waals surface area contributed by atoms with E-state index < -0.39 is 0 Å². The summed E-state index contributed by atoms with van der Waals surface area (Å²) in [6.45, 7) is 7.06. The van der Waals surface area contributed by atoms with E-state index in [-0.39, 0.29) is 0 Å². The molecule has 5 heteroatoms. The van der Waals surface area contributed by atoms with Crippen molar-refractivity contribution in [2.24, 2.45) is 5.73 Å². The monoisotopic (exact) mass is 345 g/mol. The van der Waals surface area contributed by atoms with Gasteiger partial charge < -0.3 is 19.9 Å². The van der Waals surface area contributed by atoms with Crippen molar-refractivity contribution in [2.45, 2.75) is 20.8 Å². The Labute approximate surface area is 148 Å². The van der Waals surface area contributed by atoms with Gasteiger partial charge in [0.25, 0.3) is 0 Å². The summed E-state index contributed by atoms with van der Waals surface area (Å²) in [7, 11) is 1.58. The second-order valence-corrected chi connectivity index (χ2v) is 6.07. The maximum absolute atomic E-state index is 5.85. The first-order valence-electron chi connectivity index (χ1n) is 7.73. The first-order chi connectivity index (χ1) is 11.4. The van der Waals surface area contributed by atoms with Crippen molar-refractivity contribution < 1.29 is 14.2 Å². The maximum Gasteiger partial charge on any atom is 0.161 e. The summed E-state index contributed by atoms with van der Waals surface area (Å²) in [5.41, 5.74) is 9.93. The van der Waals surface area contributed by atoms with Crippen molar-refractivity contribution in [3.63, 3.8) is 0 Å². The quantitative estimate of drug-likeness (QED) is 0.612. The summed E-state index contributed by atoms with van der Waals surface area (Å²) >= 11 is 4.97. The normalized spacial score (nSPS) is 10.3. The Hall–Kier alpha value is -2.27. The summed E-state index contributed by atoms with van der Waals surface area (Å²) in [6, 6.07) is 9.57. The molecule has 0 bridgehead atoms. The molecule has 0 saturated heterocycles. The molecule has 0 heterocycles. The molecule has 24 heavy (non-hydrogen) atoms. The number of ether oxygens (including phenoxy) is 3. The fraction of sp³-hybridized carbons (Fsp3) is 0.316. The molecular weight excluding hydrogens is 322 g/mol. The van der Waals surface area contributed by atoms with Gasteiger partial charge in [0.2, 0.25) is 0 Å². The molecule has 0 saturated carbocycles. The highest BCUT2D eigenvalue weighted by atomic mass is 32.1. The predicted octanol–water partition coefficient (Wildman–Crippen LogP) is 3.71. The molecular formula is C19H23NO3S. The molecule has 0 fully saturated rings. The number of benzene rings is 2. The highest BCUT2D eigenvalue weighted by molar-refractivity contribution is 7.80. The van der Waals surface area contributed by atoms with Crippen LogP contribution in [0.25, 0.3) is 0 Å². The number of aryl methyl sites for hydroxylation is 2. The lowest BCUT2D eigenvalue weighted by atomic mass is 10.1. The lowest BCUT2D eigenvalue weighted by Gasteiger charge is -2.14. The van der Waals surface area contributed by atoms with Crippen LogP contribution >= 0.6 is 12.2 Å². The van der Waals surface area contributed by atoms with E-state index in [0.29, 0.717) is 29.7 Å². The molecule has 0 aromatic heterocycles. The van der Waals surface area contributed by atoms with Crippen LogP contribution in [0.3, 0.4) is 0 Å². The number of thiocarbonyl (C=S) groups is 1. The van der Waals surface area contributed by atoms with Gasteiger partial charge in [-0.2, -0.15) is 0 Å². The Morgan fingerprint density at radius 3 is 2.25 bits per heavy atom. The Bertz CT molecular complexity index is 744. The van der Waals surface area contributed by atoms with Crippen LogP contribution in [0.15, 0.2) is 30.3 Å². The van der Waals surface area contributed by atoms with Crippen molar-refractivity contribution >= 4 is 17.2 Å². The Balaban J connectivity index is 1.96. The molecule has 0 atom stereocenters. The maximum atomic E-state index is 5.85. The van der Waals surface area contributed by atoms with E-state index in [1.54, 1.807) is 19.2 Å². The zero-order valence-corrected chi connectivity index (χ0v) is 15.3. The molecule has 2 aromatic carbocycles. The van der Waals surface area contributed by atoms with Crippen molar-refractivity contribution in [2.75, 3.05) is 20.3 Å². The molecule has 4 nitrogen and oxygen atoms in total. The third-order valence-corrected chi connectivity index (χ3v) is 4.05. The van der Waals surface area contributed by atoms with Gasteiger partial charge in [-0.05, 0) is 61.7 Å². The van der Waals surface area contributed by atoms with E-state index in [4.69, 9.17) is 32.2 Å². The molecule has 0 spiro atoms. The van der Waals surface area contributed by atoms with Gasteiger partial charge in [0.15, 0.2) is 11.5 Å². The number of hydrogen-bond acceptors (Lipinski definition) is 4. The minimum Gasteiger partial charge on any atom is -0.493 e. The Kier molecular flexibility index (Phi) is 6.04. The fourth-order valence-electron chi connectivity index (χ4n) is 2.39. The van der Waals surface area contributed by atoms with Gasteiger partial charge in [-0.3, -0.25) is 0 Å². The minimum atomic E-state index is 0.327. The molecule has 2 rings (SSSR count). The SMILES string of the molecule is COc1cc(C(N)=S)ccc1OCCOc1cc(C)cc(C)c1C. The van der Waals surface area contributed by atoms with Gasteiger partial charge in [0.1, 0.15) is 24.0 Å². The van der Waals surface area contributed by atoms with E-state index in [1.807, 2.05) is 12.1 Å². The molecule has 0 amide bonds. The van der Waals surface area contributed by atoms with Crippen molar-refractivity contribution in [3.05, 3.63) is 52.6 Å². The van der Waals surface area contributed by atoms with Gasteiger partial charge in [0.05, 0.1) is 7.11 Å². The van der Waals surface area contributed by atoms with Gasteiger partial charge in [-0.25, -0.2) is 0 Å². The van der Waals surface area contributed by atoms with E-state index in [9.17, 15) is 0 Å². The van der Waals surface area contributed by atoms with Crippen LogP contribution in [-0.2, 0) is 0 Å². The van der Waals surface area contributed by atoms with Gasteiger partial charge in [-0.1, -0.05) is 18.3 Å². The average molecular weight is 345 g/mol. The van der Waals surface area contributed by atoms with E-state index in [1.165, 1.54) is 11.1 Å². The number of hydrogen-bond donors (Lipinski definition) is 1. The van der Waals surface area contributed by atoms with Gasteiger partial charge in [0, 0.05) is 5.56 Å². The van der Waals surface area contributed by atoms with Crippen LogP contribution in [-0.4, -0.2) is 25.3 Å². The summed E-state index contributed by atoms with van der Waals surface area (Å²) < 4.78 is 16.9. The van der Waals surface area contributed by atoms with Crippen LogP contribution in [0.2, 0.25) is 0 Å². The van der Waals surface area contributed by atoms with E-state index in [0.717, 1.165) is 16.9 Å². The smallest absolute Gasteiger partial charge is 0.161 e. The van der Waals surface area contributed by atoms with Crippen LogP contribution in [0.5, 0.6) is 17.2 Å². The van der Waals surface area contributed by atoms with Gasteiger partial charge >= 0.3 is 0 Å². The van der Waals surface area contributed by atoms with Crippen LogP contribution in [0, 0.1) is 20.8 Å². The number of methoxy groups -OCH3 is 1. The van der Waals surface area contributed by atoms with Gasteiger partial charge in [-0.15, -0.1) is 0 Å². The summed E-state index contributed by atoms with van der Waals surface area (Å²) in [5.74, 6) is 2.13. The number of rotatable bonds is 7. The second-order valence-electron chi connectivity index (χ2n) is 5.63. The van der Waals surface area contributed by atoms with Crippen molar-refractivity contribution in [1.82, 2.24) is 0 Å². The first kappa shape index (κ1) is 18.1. The van der Waals surface area contributed by atoms with E-state index in [2.05, 4.69) is 26.8 Å². The standard InChI is InChI=1S/C19H23NO3S/c1-12-9-13(2)14(3)17(10-12)23-8-7-22-16-6-5-15(19(20)24)11-18(16)21-4/h5-6,9-11H,7-8H2,1-4H3,(H2,20,24). The van der Waals surface area contributed by atoms with Crippen molar-refractivity contribution in [1.29, 1.82) is 0 Å². The Morgan fingerprint density at radius 1 is 0.958 bits per heavy atom.